The zero-order valence-corrected chi connectivity index (χ0v) is 19.8. The number of hydrogen-bond acceptors (Lipinski definition) is 6. The second-order valence-corrected chi connectivity index (χ2v) is 8.83. The highest BCUT2D eigenvalue weighted by molar-refractivity contribution is 7.07. The summed E-state index contributed by atoms with van der Waals surface area (Å²) < 4.78 is 82.7. The van der Waals surface area contributed by atoms with E-state index >= 15 is 0 Å². The van der Waals surface area contributed by atoms with Crippen LogP contribution in [0.4, 0.5) is 30.7 Å². The van der Waals surface area contributed by atoms with Gasteiger partial charge in [-0.1, -0.05) is 6.07 Å². The maximum Gasteiger partial charge on any atom is 0.490 e. The number of nitrogens with zero attached hydrogens (tertiary/aromatic N) is 2. The molecule has 37 heavy (non-hydrogen) atoms. The van der Waals surface area contributed by atoms with Gasteiger partial charge >= 0.3 is 24.3 Å². The summed E-state index contributed by atoms with van der Waals surface area (Å²) in [5.41, 5.74) is 1.41. The lowest BCUT2D eigenvalue weighted by atomic mass is 10.1. The number of aliphatic carboxylic acids is 2. The van der Waals surface area contributed by atoms with E-state index in [4.69, 9.17) is 24.5 Å². The summed E-state index contributed by atoms with van der Waals surface area (Å²) in [4.78, 5) is 22.8. The Hall–Kier alpha value is -2.91. The van der Waals surface area contributed by atoms with E-state index in [1.165, 1.54) is 17.7 Å². The Morgan fingerprint density at radius 2 is 1.62 bits per heavy atom. The Balaban J connectivity index is 0.000000286. The zero-order chi connectivity index (χ0) is 27.8. The Morgan fingerprint density at radius 1 is 1.00 bits per heavy atom. The van der Waals surface area contributed by atoms with Gasteiger partial charge in [-0.2, -0.15) is 37.7 Å². The zero-order valence-electron chi connectivity index (χ0n) is 19.0. The van der Waals surface area contributed by atoms with E-state index in [1.807, 2.05) is 6.07 Å². The first-order chi connectivity index (χ1) is 17.1. The van der Waals surface area contributed by atoms with Gasteiger partial charge < -0.3 is 14.9 Å². The summed E-state index contributed by atoms with van der Waals surface area (Å²) in [5, 5.41) is 18.6. The first kappa shape index (κ1) is 30.3. The standard InChI is InChI=1S/C18H21FN2OS.2C2HF3O2/c19-15-2-1-3-17(8-15)22-18-9-16-11-20(5-6-21(16)12-18)10-14-4-7-23-13-14;2*3-2(4,5)1(6)7/h1-4,7-8,13,16,18H,5-6,9-12H2;2*(H,6,7). The molecule has 4 rings (SSSR count). The number of piperazine rings is 1. The lowest BCUT2D eigenvalue weighted by molar-refractivity contribution is -0.193. The third-order valence-corrected chi connectivity index (χ3v) is 5.96. The molecule has 0 bridgehead atoms. The van der Waals surface area contributed by atoms with Crippen LogP contribution in [0.2, 0.25) is 0 Å². The molecule has 1 aromatic heterocycles. The van der Waals surface area contributed by atoms with Crippen molar-refractivity contribution in [3.8, 4) is 5.75 Å². The van der Waals surface area contributed by atoms with Crippen LogP contribution in [0, 0.1) is 5.82 Å². The fraction of sp³-hybridized carbons (Fsp3) is 0.455. The molecule has 2 N–H and O–H groups in total. The van der Waals surface area contributed by atoms with E-state index in [1.54, 1.807) is 17.4 Å². The van der Waals surface area contributed by atoms with Gasteiger partial charge in [0.25, 0.3) is 0 Å². The van der Waals surface area contributed by atoms with Crippen molar-refractivity contribution in [2.24, 2.45) is 0 Å². The van der Waals surface area contributed by atoms with Gasteiger partial charge in [0.15, 0.2) is 0 Å². The van der Waals surface area contributed by atoms with Crippen LogP contribution in [0.1, 0.15) is 12.0 Å². The number of halogens is 7. The quantitative estimate of drug-likeness (QED) is 0.533. The summed E-state index contributed by atoms with van der Waals surface area (Å²) in [6.45, 7) is 5.30. The minimum absolute atomic E-state index is 0.169. The number of benzene rings is 1. The predicted octanol–water partition coefficient (Wildman–Crippen LogP) is 4.49. The van der Waals surface area contributed by atoms with Crippen molar-refractivity contribution in [3.05, 3.63) is 52.5 Å². The molecule has 2 saturated heterocycles. The molecule has 2 unspecified atom stereocenters. The Kier molecular flexibility index (Phi) is 10.7. The van der Waals surface area contributed by atoms with E-state index in [2.05, 4.69) is 26.6 Å². The maximum absolute atomic E-state index is 13.3. The molecular formula is C22H23F7N2O5S. The molecule has 206 valence electrons. The first-order valence-corrected chi connectivity index (χ1v) is 11.6. The van der Waals surface area contributed by atoms with E-state index in [-0.39, 0.29) is 11.9 Å². The second-order valence-electron chi connectivity index (χ2n) is 8.05. The molecule has 0 spiro atoms. The van der Waals surface area contributed by atoms with Gasteiger partial charge in [0.2, 0.25) is 0 Å². The van der Waals surface area contributed by atoms with Gasteiger partial charge in [0, 0.05) is 51.3 Å². The van der Waals surface area contributed by atoms with Crippen molar-refractivity contribution in [1.29, 1.82) is 0 Å². The van der Waals surface area contributed by atoms with Gasteiger partial charge in [-0.15, -0.1) is 0 Å². The summed E-state index contributed by atoms with van der Waals surface area (Å²) in [6.07, 6.45) is -8.97. The van der Waals surface area contributed by atoms with Crippen LogP contribution in [0.25, 0.3) is 0 Å². The molecule has 15 heteroatoms. The number of hydrogen-bond donors (Lipinski definition) is 2. The lowest BCUT2D eigenvalue weighted by Gasteiger charge is -2.37. The van der Waals surface area contributed by atoms with Crippen LogP contribution in [-0.2, 0) is 16.1 Å². The highest BCUT2D eigenvalue weighted by atomic mass is 32.1. The highest BCUT2D eigenvalue weighted by Crippen LogP contribution is 2.27. The first-order valence-electron chi connectivity index (χ1n) is 10.6. The second kappa shape index (κ2) is 13.1. The number of alkyl halides is 6. The molecule has 2 aliphatic rings. The SMILES string of the molecule is Fc1cccc(OC2CC3CN(Cc4ccsc4)CCN3C2)c1.O=C(O)C(F)(F)F.O=C(O)C(F)(F)F. The smallest absolute Gasteiger partial charge is 0.489 e. The number of thiophene rings is 1. The van der Waals surface area contributed by atoms with Crippen molar-refractivity contribution in [1.82, 2.24) is 9.80 Å². The van der Waals surface area contributed by atoms with Crippen LogP contribution in [0.5, 0.6) is 5.75 Å². The molecule has 0 radical (unpaired) electrons. The average Bonchev–Trinajstić information content (AvgIpc) is 3.42. The molecule has 0 saturated carbocycles. The number of carboxylic acid groups (broad SMARTS) is 2. The third kappa shape index (κ3) is 10.5. The molecule has 2 aliphatic heterocycles. The average molecular weight is 560 g/mol. The largest absolute Gasteiger partial charge is 0.490 e. The van der Waals surface area contributed by atoms with E-state index in [9.17, 15) is 30.7 Å². The minimum Gasteiger partial charge on any atom is -0.489 e. The van der Waals surface area contributed by atoms with Gasteiger partial charge in [-0.25, -0.2) is 14.0 Å². The molecule has 2 aromatic rings. The Bertz CT molecular complexity index is 994. The number of fused-ring (bicyclic) bond motifs is 1. The summed E-state index contributed by atoms with van der Waals surface area (Å²) in [5.74, 6) is -5.11. The van der Waals surface area contributed by atoms with Gasteiger partial charge in [-0.3, -0.25) is 9.80 Å². The van der Waals surface area contributed by atoms with Crippen LogP contribution in [0.15, 0.2) is 41.1 Å². The molecular weight excluding hydrogens is 537 g/mol. The van der Waals surface area contributed by atoms with Crippen molar-refractivity contribution in [2.45, 2.75) is 37.5 Å². The van der Waals surface area contributed by atoms with E-state index in [0.717, 1.165) is 39.1 Å². The van der Waals surface area contributed by atoms with Gasteiger partial charge in [0.1, 0.15) is 17.7 Å². The topological polar surface area (TPSA) is 90.3 Å². The monoisotopic (exact) mass is 560 g/mol. The van der Waals surface area contributed by atoms with Gasteiger partial charge in [-0.05, 0) is 34.5 Å². The van der Waals surface area contributed by atoms with Crippen LogP contribution in [0.3, 0.4) is 0 Å². The summed E-state index contributed by atoms with van der Waals surface area (Å²) in [7, 11) is 0. The summed E-state index contributed by atoms with van der Waals surface area (Å²) >= 11 is 1.76. The number of rotatable bonds is 4. The van der Waals surface area contributed by atoms with Crippen LogP contribution in [-0.4, -0.2) is 82.6 Å². The van der Waals surface area contributed by atoms with Crippen molar-refractivity contribution >= 4 is 23.3 Å². The lowest BCUT2D eigenvalue weighted by Crippen LogP contribution is -2.49. The van der Waals surface area contributed by atoms with Crippen molar-refractivity contribution in [2.75, 3.05) is 26.2 Å². The molecule has 3 heterocycles. The summed E-state index contributed by atoms with van der Waals surface area (Å²) in [6, 6.07) is 9.23. The molecule has 0 amide bonds. The number of ether oxygens (including phenoxy) is 1. The van der Waals surface area contributed by atoms with E-state index in [0.29, 0.717) is 11.8 Å². The molecule has 7 nitrogen and oxygen atoms in total. The van der Waals surface area contributed by atoms with Crippen LogP contribution < -0.4 is 4.74 Å². The maximum atomic E-state index is 13.3. The van der Waals surface area contributed by atoms with E-state index < -0.39 is 24.3 Å². The minimum atomic E-state index is -5.08. The number of carboxylic acids is 2. The highest BCUT2D eigenvalue weighted by Gasteiger charge is 2.39. The normalized spacial score (nSPS) is 20.1. The Morgan fingerprint density at radius 3 is 2.14 bits per heavy atom. The molecule has 2 fully saturated rings. The molecule has 0 aliphatic carbocycles. The van der Waals surface area contributed by atoms with Crippen molar-refractivity contribution in [3.63, 3.8) is 0 Å². The molecule has 1 aromatic carbocycles. The fourth-order valence-electron chi connectivity index (χ4n) is 3.66. The van der Waals surface area contributed by atoms with Gasteiger partial charge in [0.05, 0.1) is 0 Å². The Labute approximate surface area is 210 Å². The third-order valence-electron chi connectivity index (χ3n) is 5.23. The molecule has 2 atom stereocenters. The fourth-order valence-corrected chi connectivity index (χ4v) is 4.32. The van der Waals surface area contributed by atoms with Crippen LogP contribution >= 0.6 is 11.3 Å². The number of carbonyl (C=O) groups is 2. The predicted molar refractivity (Wildman–Crippen MR) is 118 cm³/mol. The van der Waals surface area contributed by atoms with Crippen molar-refractivity contribution < 1.29 is 55.3 Å².